The van der Waals surface area contributed by atoms with E-state index in [0.29, 0.717) is 0 Å². The first-order valence-corrected chi connectivity index (χ1v) is 7.01. The van der Waals surface area contributed by atoms with Crippen LogP contribution in [0, 0.1) is 0 Å². The maximum absolute atomic E-state index is 10.1. The van der Waals surface area contributed by atoms with Gasteiger partial charge in [-0.25, -0.2) is 0 Å². The molecule has 2 rings (SSSR count). The Kier molecular flexibility index (Phi) is 3.83. The van der Waals surface area contributed by atoms with E-state index in [4.69, 9.17) is 0 Å². The largest absolute Gasteiger partial charge is 0.389 e. The van der Waals surface area contributed by atoms with Crippen molar-refractivity contribution in [2.24, 2.45) is 0 Å². The molecule has 2 nitrogen and oxygen atoms in total. The number of rotatable bonds is 4. The molecule has 0 spiro atoms. The van der Waals surface area contributed by atoms with Gasteiger partial charge in [0.1, 0.15) is 0 Å². The number of aliphatic hydroxyl groups is 1. The molecule has 84 valence electrons. The molecule has 0 atom stereocenters. The van der Waals surface area contributed by atoms with Crippen molar-refractivity contribution in [2.75, 3.05) is 6.54 Å². The molecule has 0 aromatic carbocycles. The van der Waals surface area contributed by atoms with Crippen molar-refractivity contribution in [3.63, 3.8) is 0 Å². The molecule has 0 saturated heterocycles. The lowest BCUT2D eigenvalue weighted by atomic mass is 10.0. The molecule has 1 aliphatic rings. The van der Waals surface area contributed by atoms with Crippen molar-refractivity contribution in [2.45, 2.75) is 37.8 Å². The van der Waals surface area contributed by atoms with Gasteiger partial charge in [0, 0.05) is 13.1 Å². The molecular weight excluding hydrogens is 274 g/mol. The molecule has 1 aromatic rings. The highest BCUT2D eigenvalue weighted by molar-refractivity contribution is 9.11. The smallest absolute Gasteiger partial charge is 0.0771 e. The maximum atomic E-state index is 10.1. The summed E-state index contributed by atoms with van der Waals surface area (Å²) in [5.41, 5.74) is 0.848. The lowest BCUT2D eigenvalue weighted by molar-refractivity contribution is 0.0475. The minimum atomic E-state index is -0.437. The van der Waals surface area contributed by atoms with Crippen LogP contribution in [0.5, 0.6) is 0 Å². The lowest BCUT2D eigenvalue weighted by Gasteiger charge is -2.22. The van der Waals surface area contributed by atoms with Gasteiger partial charge in [-0.05, 0) is 45.8 Å². The van der Waals surface area contributed by atoms with Crippen LogP contribution in [-0.2, 0) is 6.54 Å². The Morgan fingerprint density at radius 3 is 2.80 bits per heavy atom. The van der Waals surface area contributed by atoms with Crippen molar-refractivity contribution in [3.05, 3.63) is 20.8 Å². The molecule has 1 fully saturated rings. The zero-order chi connectivity index (χ0) is 10.7. The summed E-state index contributed by atoms with van der Waals surface area (Å²) in [6.45, 7) is 1.57. The topological polar surface area (TPSA) is 32.3 Å². The Balaban J connectivity index is 1.75. The third kappa shape index (κ3) is 3.28. The highest BCUT2D eigenvalue weighted by Gasteiger charge is 2.30. The van der Waals surface area contributed by atoms with Crippen LogP contribution in [0.1, 0.15) is 31.2 Å². The normalized spacial score (nSPS) is 19.6. The molecule has 0 aliphatic heterocycles. The molecule has 15 heavy (non-hydrogen) atoms. The first-order chi connectivity index (χ1) is 7.18. The predicted molar refractivity (Wildman–Crippen MR) is 67.1 cm³/mol. The zero-order valence-corrected chi connectivity index (χ0v) is 11.0. The van der Waals surface area contributed by atoms with Crippen LogP contribution in [0.2, 0.25) is 0 Å². The fourth-order valence-electron chi connectivity index (χ4n) is 2.09. The van der Waals surface area contributed by atoms with E-state index < -0.39 is 5.60 Å². The molecule has 1 heterocycles. The van der Waals surface area contributed by atoms with Crippen molar-refractivity contribution in [3.8, 4) is 0 Å². The van der Waals surface area contributed by atoms with E-state index in [1.54, 1.807) is 11.3 Å². The van der Waals surface area contributed by atoms with Crippen LogP contribution in [-0.4, -0.2) is 17.3 Å². The summed E-state index contributed by atoms with van der Waals surface area (Å²) >= 11 is 5.14. The lowest BCUT2D eigenvalue weighted by Crippen LogP contribution is -2.37. The van der Waals surface area contributed by atoms with Crippen LogP contribution in [0.4, 0.5) is 0 Å². The number of hydrogen-bond donors (Lipinski definition) is 2. The second kappa shape index (κ2) is 4.95. The summed E-state index contributed by atoms with van der Waals surface area (Å²) in [5.74, 6) is 0. The number of nitrogens with one attached hydrogen (secondary N) is 1. The summed E-state index contributed by atoms with van der Waals surface area (Å²) in [4.78, 5) is 0. The summed E-state index contributed by atoms with van der Waals surface area (Å²) in [6.07, 6.45) is 4.24. The maximum Gasteiger partial charge on any atom is 0.0771 e. The van der Waals surface area contributed by atoms with E-state index in [0.717, 1.165) is 25.9 Å². The predicted octanol–water partition coefficient (Wildman–Crippen LogP) is 2.91. The van der Waals surface area contributed by atoms with Crippen molar-refractivity contribution in [1.82, 2.24) is 5.32 Å². The van der Waals surface area contributed by atoms with Crippen LogP contribution in [0.3, 0.4) is 0 Å². The fraction of sp³-hybridized carbons (Fsp3) is 0.636. The van der Waals surface area contributed by atoms with Crippen LogP contribution in [0.15, 0.2) is 15.2 Å². The van der Waals surface area contributed by atoms with Gasteiger partial charge in [0.25, 0.3) is 0 Å². The average molecular weight is 290 g/mol. The molecule has 0 bridgehead atoms. The third-order valence-electron chi connectivity index (χ3n) is 2.94. The molecular formula is C11H16BrNOS. The Bertz CT molecular complexity index is 320. The Morgan fingerprint density at radius 2 is 2.20 bits per heavy atom. The Labute approximate surface area is 103 Å². The van der Waals surface area contributed by atoms with Gasteiger partial charge < -0.3 is 10.4 Å². The molecule has 1 saturated carbocycles. The van der Waals surface area contributed by atoms with E-state index in [9.17, 15) is 5.11 Å². The SMILES string of the molecule is OC1(CNCc2csc(Br)c2)CCCC1. The summed E-state index contributed by atoms with van der Waals surface area (Å²) in [6, 6.07) is 2.12. The second-order valence-corrected chi connectivity index (χ2v) is 6.58. The number of halogens is 1. The summed E-state index contributed by atoms with van der Waals surface area (Å²) in [5, 5.41) is 15.6. The Morgan fingerprint density at radius 1 is 1.47 bits per heavy atom. The highest BCUT2D eigenvalue weighted by Crippen LogP contribution is 2.28. The number of thiophene rings is 1. The van der Waals surface area contributed by atoms with E-state index in [-0.39, 0.29) is 0 Å². The second-order valence-electron chi connectivity index (χ2n) is 4.29. The Hall–Kier alpha value is 0.100. The van der Waals surface area contributed by atoms with Gasteiger partial charge in [-0.2, -0.15) is 0 Å². The van der Waals surface area contributed by atoms with Gasteiger partial charge in [-0.3, -0.25) is 0 Å². The van der Waals surface area contributed by atoms with Crippen molar-refractivity contribution < 1.29 is 5.11 Å². The summed E-state index contributed by atoms with van der Waals surface area (Å²) in [7, 11) is 0. The van der Waals surface area contributed by atoms with Crippen LogP contribution < -0.4 is 5.32 Å². The first kappa shape index (κ1) is 11.6. The van der Waals surface area contributed by atoms with E-state index in [1.807, 2.05) is 0 Å². The molecule has 1 aromatic heterocycles. The van der Waals surface area contributed by atoms with Crippen molar-refractivity contribution >= 4 is 27.3 Å². The minimum absolute atomic E-state index is 0.437. The van der Waals surface area contributed by atoms with E-state index in [2.05, 4.69) is 32.7 Å². The average Bonchev–Trinajstić information content (AvgIpc) is 2.76. The quantitative estimate of drug-likeness (QED) is 0.893. The van der Waals surface area contributed by atoms with Crippen molar-refractivity contribution in [1.29, 1.82) is 0 Å². The van der Waals surface area contributed by atoms with Gasteiger partial charge >= 0.3 is 0 Å². The molecule has 0 amide bonds. The van der Waals surface area contributed by atoms with E-state index >= 15 is 0 Å². The van der Waals surface area contributed by atoms with E-state index in [1.165, 1.54) is 22.2 Å². The monoisotopic (exact) mass is 289 g/mol. The third-order valence-corrected chi connectivity index (χ3v) is 4.49. The van der Waals surface area contributed by atoms with Gasteiger partial charge in [0.2, 0.25) is 0 Å². The van der Waals surface area contributed by atoms with Crippen LogP contribution >= 0.6 is 27.3 Å². The van der Waals surface area contributed by atoms with Crippen LogP contribution in [0.25, 0.3) is 0 Å². The van der Waals surface area contributed by atoms with Gasteiger partial charge in [-0.1, -0.05) is 12.8 Å². The van der Waals surface area contributed by atoms with Gasteiger partial charge in [-0.15, -0.1) is 11.3 Å². The standard InChI is InChI=1S/C11H16BrNOS/c12-10-5-9(7-15-10)6-13-8-11(14)3-1-2-4-11/h5,7,13-14H,1-4,6,8H2. The molecule has 1 aliphatic carbocycles. The number of hydrogen-bond acceptors (Lipinski definition) is 3. The molecule has 0 radical (unpaired) electrons. The zero-order valence-electron chi connectivity index (χ0n) is 8.63. The first-order valence-electron chi connectivity index (χ1n) is 5.34. The summed E-state index contributed by atoms with van der Waals surface area (Å²) < 4.78 is 1.17. The molecule has 4 heteroatoms. The highest BCUT2D eigenvalue weighted by atomic mass is 79.9. The molecule has 0 unspecified atom stereocenters. The van der Waals surface area contributed by atoms with Gasteiger partial charge in [0.05, 0.1) is 9.39 Å². The fourth-order valence-corrected chi connectivity index (χ4v) is 3.30. The minimum Gasteiger partial charge on any atom is -0.389 e. The van der Waals surface area contributed by atoms with Gasteiger partial charge in [0.15, 0.2) is 0 Å². The molecule has 2 N–H and O–H groups in total.